The van der Waals surface area contributed by atoms with E-state index in [0.29, 0.717) is 24.8 Å². The Morgan fingerprint density at radius 3 is 2.92 bits per heavy atom. The minimum Gasteiger partial charge on any atom is -0.387 e. The van der Waals surface area contributed by atoms with Gasteiger partial charge in [-0.2, -0.15) is 0 Å². The number of nitrogens with one attached hydrogen (secondary N) is 1. The summed E-state index contributed by atoms with van der Waals surface area (Å²) < 4.78 is 0. The standard InChI is InChI=1S/C9H15N3O/c10-9(7-1-2-7)12-5-6-3-8(13)11-4-6/h6-7H,1-5H2,(H2,10,12)(H,11,13). The van der Waals surface area contributed by atoms with Gasteiger partial charge in [0.25, 0.3) is 0 Å². The molecule has 1 aliphatic carbocycles. The van der Waals surface area contributed by atoms with Gasteiger partial charge in [0.15, 0.2) is 0 Å². The Hall–Kier alpha value is -1.06. The number of amides is 1. The lowest BCUT2D eigenvalue weighted by Gasteiger charge is -2.03. The molecule has 2 rings (SSSR count). The third-order valence-corrected chi connectivity index (χ3v) is 2.59. The average Bonchev–Trinajstić information content (AvgIpc) is 2.87. The lowest BCUT2D eigenvalue weighted by molar-refractivity contribution is -0.119. The molecule has 1 saturated heterocycles. The largest absolute Gasteiger partial charge is 0.387 e. The topological polar surface area (TPSA) is 67.5 Å². The number of aliphatic imine (C=N–C) groups is 1. The van der Waals surface area contributed by atoms with E-state index in [-0.39, 0.29) is 5.91 Å². The van der Waals surface area contributed by atoms with Crippen LogP contribution in [-0.2, 0) is 4.79 Å². The Bertz CT molecular complexity index is 245. The molecule has 2 aliphatic rings. The predicted octanol–water partition coefficient (Wildman–Crippen LogP) is -0.110. The molecule has 13 heavy (non-hydrogen) atoms. The Kier molecular flexibility index (Phi) is 2.20. The molecule has 4 nitrogen and oxygen atoms in total. The molecule has 1 atom stereocenters. The van der Waals surface area contributed by atoms with E-state index in [2.05, 4.69) is 10.3 Å². The van der Waals surface area contributed by atoms with Gasteiger partial charge in [0.05, 0.1) is 5.84 Å². The highest BCUT2D eigenvalue weighted by Gasteiger charge is 2.26. The minimum atomic E-state index is 0.144. The highest BCUT2D eigenvalue weighted by Crippen LogP contribution is 2.28. The van der Waals surface area contributed by atoms with Crippen LogP contribution in [0.1, 0.15) is 19.3 Å². The molecule has 1 unspecified atom stereocenters. The van der Waals surface area contributed by atoms with Crippen LogP contribution in [0.4, 0.5) is 0 Å². The monoisotopic (exact) mass is 181 g/mol. The summed E-state index contributed by atoms with van der Waals surface area (Å²) in [7, 11) is 0. The second-order valence-electron chi connectivity index (χ2n) is 3.91. The smallest absolute Gasteiger partial charge is 0.220 e. The van der Waals surface area contributed by atoms with Gasteiger partial charge < -0.3 is 11.1 Å². The van der Waals surface area contributed by atoms with Crippen LogP contribution in [0.15, 0.2) is 4.99 Å². The third-order valence-electron chi connectivity index (χ3n) is 2.59. The van der Waals surface area contributed by atoms with Crippen LogP contribution in [0, 0.1) is 11.8 Å². The Morgan fingerprint density at radius 2 is 2.38 bits per heavy atom. The zero-order valence-electron chi connectivity index (χ0n) is 7.62. The van der Waals surface area contributed by atoms with Crippen LogP contribution in [0.25, 0.3) is 0 Å². The van der Waals surface area contributed by atoms with Gasteiger partial charge in [0, 0.05) is 31.3 Å². The summed E-state index contributed by atoms with van der Waals surface area (Å²) in [5, 5.41) is 2.79. The highest BCUT2D eigenvalue weighted by atomic mass is 16.1. The van der Waals surface area contributed by atoms with Crippen LogP contribution < -0.4 is 11.1 Å². The van der Waals surface area contributed by atoms with Gasteiger partial charge in [-0.25, -0.2) is 0 Å². The summed E-state index contributed by atoms with van der Waals surface area (Å²) in [5.74, 6) is 1.85. The second kappa shape index (κ2) is 3.36. The predicted molar refractivity (Wildman–Crippen MR) is 50.3 cm³/mol. The van der Waals surface area contributed by atoms with E-state index in [1.807, 2.05) is 0 Å². The summed E-state index contributed by atoms with van der Waals surface area (Å²) in [6.07, 6.45) is 3.00. The van der Waals surface area contributed by atoms with Crippen molar-refractivity contribution in [2.75, 3.05) is 13.1 Å². The van der Waals surface area contributed by atoms with Crippen LogP contribution in [0.3, 0.4) is 0 Å². The first-order chi connectivity index (χ1) is 6.25. The average molecular weight is 181 g/mol. The number of nitrogens with zero attached hydrogens (tertiary/aromatic N) is 1. The van der Waals surface area contributed by atoms with Crippen molar-refractivity contribution >= 4 is 11.7 Å². The summed E-state index contributed by atoms with van der Waals surface area (Å²) in [5.41, 5.74) is 5.74. The van der Waals surface area contributed by atoms with Crippen molar-refractivity contribution in [2.24, 2.45) is 22.6 Å². The van der Waals surface area contributed by atoms with Crippen molar-refractivity contribution in [3.8, 4) is 0 Å². The van der Waals surface area contributed by atoms with Crippen molar-refractivity contribution in [3.63, 3.8) is 0 Å². The summed E-state index contributed by atoms with van der Waals surface area (Å²) in [6.45, 7) is 1.47. The number of hydrogen-bond donors (Lipinski definition) is 2. The molecule has 1 aliphatic heterocycles. The van der Waals surface area contributed by atoms with Gasteiger partial charge in [-0.1, -0.05) is 0 Å². The van der Waals surface area contributed by atoms with Crippen LogP contribution in [0.5, 0.6) is 0 Å². The summed E-state index contributed by atoms with van der Waals surface area (Å²) in [4.78, 5) is 15.2. The molecule has 3 N–H and O–H groups in total. The van der Waals surface area contributed by atoms with E-state index in [0.717, 1.165) is 12.4 Å². The molecule has 1 amide bonds. The number of carbonyl (C=O) groups excluding carboxylic acids is 1. The molecule has 2 fully saturated rings. The van der Waals surface area contributed by atoms with Crippen molar-refractivity contribution in [3.05, 3.63) is 0 Å². The maximum Gasteiger partial charge on any atom is 0.220 e. The molecular formula is C9H15N3O. The maximum atomic E-state index is 10.9. The molecule has 0 spiro atoms. The third kappa shape index (κ3) is 2.20. The molecular weight excluding hydrogens is 166 g/mol. The van der Waals surface area contributed by atoms with Crippen LogP contribution in [0.2, 0.25) is 0 Å². The Balaban J connectivity index is 1.78. The normalized spacial score (nSPS) is 29.1. The van der Waals surface area contributed by atoms with Gasteiger partial charge in [-0.05, 0) is 12.8 Å². The molecule has 4 heteroatoms. The molecule has 0 aromatic carbocycles. The Morgan fingerprint density at radius 1 is 1.62 bits per heavy atom. The maximum absolute atomic E-state index is 10.9. The van der Waals surface area contributed by atoms with Gasteiger partial charge in [0.2, 0.25) is 5.91 Å². The number of rotatable bonds is 3. The van der Waals surface area contributed by atoms with Crippen LogP contribution in [-0.4, -0.2) is 24.8 Å². The van der Waals surface area contributed by atoms with Crippen molar-refractivity contribution in [1.82, 2.24) is 5.32 Å². The van der Waals surface area contributed by atoms with Gasteiger partial charge in [0.1, 0.15) is 0 Å². The van der Waals surface area contributed by atoms with E-state index in [9.17, 15) is 4.79 Å². The van der Waals surface area contributed by atoms with Crippen molar-refractivity contribution in [2.45, 2.75) is 19.3 Å². The fraction of sp³-hybridized carbons (Fsp3) is 0.778. The Labute approximate surface area is 77.6 Å². The minimum absolute atomic E-state index is 0.144. The number of hydrogen-bond acceptors (Lipinski definition) is 2. The molecule has 1 heterocycles. The first-order valence-electron chi connectivity index (χ1n) is 4.82. The lowest BCUT2D eigenvalue weighted by Crippen LogP contribution is -2.18. The zero-order valence-corrected chi connectivity index (χ0v) is 7.62. The molecule has 72 valence electrons. The lowest BCUT2D eigenvalue weighted by atomic mass is 10.1. The quantitative estimate of drug-likeness (QED) is 0.471. The zero-order chi connectivity index (χ0) is 9.26. The fourth-order valence-electron chi connectivity index (χ4n) is 1.54. The molecule has 0 bridgehead atoms. The van der Waals surface area contributed by atoms with E-state index in [1.165, 1.54) is 12.8 Å². The molecule has 0 aromatic heterocycles. The number of nitrogens with two attached hydrogens (primary N) is 1. The van der Waals surface area contributed by atoms with E-state index in [4.69, 9.17) is 5.73 Å². The molecule has 0 radical (unpaired) electrons. The van der Waals surface area contributed by atoms with E-state index in [1.54, 1.807) is 0 Å². The SMILES string of the molecule is NC(=NCC1CNC(=O)C1)C1CC1. The highest BCUT2D eigenvalue weighted by molar-refractivity contribution is 5.85. The van der Waals surface area contributed by atoms with Crippen molar-refractivity contribution < 1.29 is 4.79 Å². The fourth-order valence-corrected chi connectivity index (χ4v) is 1.54. The number of carbonyl (C=O) groups is 1. The van der Waals surface area contributed by atoms with E-state index < -0.39 is 0 Å². The van der Waals surface area contributed by atoms with Gasteiger partial charge in [-0.15, -0.1) is 0 Å². The number of amidine groups is 1. The van der Waals surface area contributed by atoms with Gasteiger partial charge in [-0.3, -0.25) is 9.79 Å². The first-order valence-corrected chi connectivity index (χ1v) is 4.82. The first kappa shape index (κ1) is 8.53. The molecule has 1 saturated carbocycles. The second-order valence-corrected chi connectivity index (χ2v) is 3.91. The van der Waals surface area contributed by atoms with E-state index >= 15 is 0 Å². The van der Waals surface area contributed by atoms with Crippen LogP contribution >= 0.6 is 0 Å². The van der Waals surface area contributed by atoms with Crippen molar-refractivity contribution in [1.29, 1.82) is 0 Å². The summed E-state index contributed by atoms with van der Waals surface area (Å²) in [6, 6.07) is 0. The van der Waals surface area contributed by atoms with Gasteiger partial charge >= 0.3 is 0 Å². The summed E-state index contributed by atoms with van der Waals surface area (Å²) >= 11 is 0. The molecule has 0 aromatic rings.